The first kappa shape index (κ1) is 25.1. The van der Waals surface area contributed by atoms with Gasteiger partial charge in [0.2, 0.25) is 0 Å². The molecule has 0 radical (unpaired) electrons. The average molecular weight is 602 g/mol. The molecule has 4 rings (SSSR count). The second-order valence-electron chi connectivity index (χ2n) is 8.23. The van der Waals surface area contributed by atoms with Gasteiger partial charge in [0, 0.05) is 0 Å². The topological polar surface area (TPSA) is 0 Å². The maximum atomic E-state index is 2.36. The summed E-state index contributed by atoms with van der Waals surface area (Å²) in [6, 6.07) is 20.2. The van der Waals surface area contributed by atoms with Gasteiger partial charge in [0.1, 0.15) is 0 Å². The van der Waals surface area contributed by atoms with Crippen LogP contribution in [0.5, 0.6) is 0 Å². The summed E-state index contributed by atoms with van der Waals surface area (Å²) in [5, 5.41) is 0. The maximum Gasteiger partial charge on any atom is -1.00 e. The van der Waals surface area contributed by atoms with Gasteiger partial charge in [-0.15, -0.1) is 0 Å². The van der Waals surface area contributed by atoms with Crippen molar-refractivity contribution in [3.05, 3.63) is 100 Å². The Balaban J connectivity index is 0.00000160. The first-order valence-electron chi connectivity index (χ1n) is 10.1. The van der Waals surface area contributed by atoms with Crippen molar-refractivity contribution in [2.24, 2.45) is 0 Å². The van der Waals surface area contributed by atoms with Gasteiger partial charge in [-0.1, -0.05) is 0 Å². The molecule has 0 bridgehead atoms. The van der Waals surface area contributed by atoms with E-state index in [4.69, 9.17) is 0 Å². The molecule has 0 saturated carbocycles. The maximum absolute atomic E-state index is 2.36. The molecule has 0 spiro atoms. The summed E-state index contributed by atoms with van der Waals surface area (Å²) in [5.74, 6) is 0. The van der Waals surface area contributed by atoms with Crippen LogP contribution < -0.4 is 24.8 Å². The van der Waals surface area contributed by atoms with Crippen LogP contribution in [0.4, 0.5) is 0 Å². The standard InChI is InChI=1S/C14H15.C13H13.2ClH.Hf/c1-10-4-6-13(7-5-10)14-8-11(2)12(3)9-14;1-10-8-13(9-11(10)2)12-6-4-3-5-7-12;;;/h4-7H,8H2,1-3H3;3-7H,8H2,1-2H3;2*1H;/q;;;;+2/p-2. The zero-order valence-electron chi connectivity index (χ0n) is 18.4. The number of halogens is 2. The molecule has 0 fully saturated rings. The van der Waals surface area contributed by atoms with Crippen molar-refractivity contribution in [1.82, 2.24) is 0 Å². The third kappa shape index (κ3) is 4.85. The SMILES string of the molecule is CC1=C(C)[C]([Hf+2][C]2=C(c3ccc(C)cc3)CC(C)=C2C)=C(c2ccccc2)C1.[Cl-].[Cl-]. The van der Waals surface area contributed by atoms with Gasteiger partial charge in [0.15, 0.2) is 0 Å². The Labute approximate surface area is 205 Å². The van der Waals surface area contributed by atoms with Crippen molar-refractivity contribution in [3.63, 3.8) is 0 Å². The molecule has 0 N–H and O–H groups in total. The molecule has 0 unspecified atom stereocenters. The monoisotopic (exact) mass is 602 g/mol. The molecule has 0 aromatic heterocycles. The van der Waals surface area contributed by atoms with E-state index in [2.05, 4.69) is 89.2 Å². The molecule has 2 aromatic carbocycles. The molecule has 154 valence electrons. The number of hydrogen-bond acceptors (Lipinski definition) is 0. The number of aryl methyl sites for hydroxylation is 1. The molecular formula is C27H28Cl2Hf. The molecule has 3 heteroatoms. The number of hydrogen-bond donors (Lipinski definition) is 0. The molecule has 2 aliphatic carbocycles. The summed E-state index contributed by atoms with van der Waals surface area (Å²) in [7, 11) is 0. The Morgan fingerprint density at radius 3 is 1.47 bits per heavy atom. The van der Waals surface area contributed by atoms with Crippen molar-refractivity contribution in [1.29, 1.82) is 0 Å². The fraction of sp³-hybridized carbons (Fsp3) is 0.259. The van der Waals surface area contributed by atoms with E-state index in [1.165, 1.54) is 16.7 Å². The van der Waals surface area contributed by atoms with E-state index < -0.39 is 22.9 Å². The molecule has 30 heavy (non-hydrogen) atoms. The van der Waals surface area contributed by atoms with Gasteiger partial charge in [0.25, 0.3) is 0 Å². The van der Waals surface area contributed by atoms with Crippen LogP contribution in [-0.4, -0.2) is 0 Å². The van der Waals surface area contributed by atoms with Gasteiger partial charge >= 0.3 is 182 Å². The summed E-state index contributed by atoms with van der Waals surface area (Å²) in [6.07, 6.45) is 2.26. The fourth-order valence-corrected chi connectivity index (χ4v) is 10.7. The Kier molecular flexibility index (Phi) is 8.74. The largest absolute Gasteiger partial charge is 1.00 e. The molecule has 0 heterocycles. The minimum Gasteiger partial charge on any atom is -1.00 e. The number of allylic oxidation sites excluding steroid dienone is 8. The quantitative estimate of drug-likeness (QED) is 0.469. The van der Waals surface area contributed by atoms with E-state index in [1.807, 2.05) is 0 Å². The van der Waals surface area contributed by atoms with Crippen molar-refractivity contribution in [2.75, 3.05) is 0 Å². The molecular weight excluding hydrogens is 574 g/mol. The number of rotatable bonds is 4. The third-order valence-corrected chi connectivity index (χ3v) is 12.9. The van der Waals surface area contributed by atoms with E-state index in [0.717, 1.165) is 12.8 Å². The minimum absolute atomic E-state index is 0. The van der Waals surface area contributed by atoms with Gasteiger partial charge in [-0.2, -0.15) is 0 Å². The van der Waals surface area contributed by atoms with Gasteiger partial charge in [-0.3, -0.25) is 0 Å². The Morgan fingerprint density at radius 2 is 1.00 bits per heavy atom. The van der Waals surface area contributed by atoms with Crippen LogP contribution >= 0.6 is 0 Å². The minimum atomic E-state index is -1.18. The Morgan fingerprint density at radius 1 is 0.567 bits per heavy atom. The van der Waals surface area contributed by atoms with Gasteiger partial charge < -0.3 is 24.8 Å². The molecule has 0 nitrogen and oxygen atoms in total. The van der Waals surface area contributed by atoms with Crippen LogP contribution in [0.25, 0.3) is 11.1 Å². The first-order valence-corrected chi connectivity index (χ1v) is 13.7. The average Bonchev–Trinajstić information content (AvgIpc) is 3.15. The van der Waals surface area contributed by atoms with Crippen LogP contribution in [0.15, 0.2) is 83.5 Å². The summed E-state index contributed by atoms with van der Waals surface area (Å²) in [6.45, 7) is 11.6. The normalized spacial score (nSPS) is 16.0. The summed E-state index contributed by atoms with van der Waals surface area (Å²) in [4.78, 5) is 0. The van der Waals surface area contributed by atoms with E-state index in [-0.39, 0.29) is 24.8 Å². The smallest absolute Gasteiger partial charge is 1.00 e. The van der Waals surface area contributed by atoms with Gasteiger partial charge in [-0.25, -0.2) is 0 Å². The molecule has 0 amide bonds. The Bertz CT molecular complexity index is 1050. The van der Waals surface area contributed by atoms with Gasteiger partial charge in [-0.05, 0) is 0 Å². The second kappa shape index (κ2) is 10.4. The fourth-order valence-electron chi connectivity index (χ4n) is 4.20. The molecule has 0 atom stereocenters. The van der Waals surface area contributed by atoms with Crippen LogP contribution in [0.2, 0.25) is 0 Å². The first-order chi connectivity index (χ1) is 13.5. The van der Waals surface area contributed by atoms with E-state index >= 15 is 0 Å². The van der Waals surface area contributed by atoms with Crippen LogP contribution in [0, 0.1) is 6.92 Å². The van der Waals surface area contributed by atoms with Crippen molar-refractivity contribution in [3.8, 4) is 0 Å². The van der Waals surface area contributed by atoms with E-state index in [9.17, 15) is 0 Å². The van der Waals surface area contributed by atoms with E-state index in [0.29, 0.717) is 0 Å². The molecule has 2 aliphatic rings. The zero-order chi connectivity index (χ0) is 19.8. The summed E-state index contributed by atoms with van der Waals surface area (Å²) in [5.41, 5.74) is 13.7. The van der Waals surface area contributed by atoms with Gasteiger partial charge in [0.05, 0.1) is 0 Å². The number of benzene rings is 2. The predicted molar refractivity (Wildman–Crippen MR) is 117 cm³/mol. The Hall–Kier alpha value is -1.15. The van der Waals surface area contributed by atoms with E-state index in [1.54, 1.807) is 40.1 Å². The van der Waals surface area contributed by atoms with Crippen LogP contribution in [0.3, 0.4) is 0 Å². The zero-order valence-corrected chi connectivity index (χ0v) is 23.5. The third-order valence-electron chi connectivity index (χ3n) is 6.29. The second-order valence-corrected chi connectivity index (χ2v) is 12.7. The van der Waals surface area contributed by atoms with Crippen LogP contribution in [-0.2, 0) is 22.9 Å². The molecule has 2 aromatic rings. The summed E-state index contributed by atoms with van der Waals surface area (Å²) < 4.78 is 3.47. The van der Waals surface area contributed by atoms with Crippen molar-refractivity contribution in [2.45, 2.75) is 47.5 Å². The summed E-state index contributed by atoms with van der Waals surface area (Å²) >= 11 is -1.18. The van der Waals surface area contributed by atoms with Crippen molar-refractivity contribution < 1.29 is 47.7 Å². The van der Waals surface area contributed by atoms with Crippen LogP contribution in [0.1, 0.15) is 57.2 Å². The molecule has 0 aliphatic heterocycles. The molecule has 0 saturated heterocycles. The van der Waals surface area contributed by atoms with Crippen molar-refractivity contribution >= 4 is 11.1 Å². The predicted octanol–water partition coefficient (Wildman–Crippen LogP) is 1.69.